The zero-order valence-electron chi connectivity index (χ0n) is 31.4. The number of carbonyl (C=O) groups is 3. The molecule has 0 amide bonds. The SMILES string of the molecule is C=CCC.CCC#N.CCC(F)(F)F.CCCC(=O)OC.CCOC(=O)C(C)C.CCOC(=O)CC(C)CC.CCc1ccccc1. The maximum absolute atomic E-state index is 10.8. The summed E-state index contributed by atoms with van der Waals surface area (Å²) in [6.07, 6.45) is 3.04. The van der Waals surface area contributed by atoms with Crippen LogP contribution in [0.25, 0.3) is 0 Å². The third-order valence-electron chi connectivity index (χ3n) is 5.06. The van der Waals surface area contributed by atoms with Crippen molar-refractivity contribution >= 4 is 17.9 Å². The number of aryl methyl sites for hydroxylation is 1. The highest BCUT2D eigenvalue weighted by Gasteiger charge is 2.22. The first-order chi connectivity index (χ1) is 22.0. The van der Waals surface area contributed by atoms with Crippen molar-refractivity contribution in [1.82, 2.24) is 0 Å². The first-order valence-corrected chi connectivity index (χ1v) is 16.5. The van der Waals surface area contributed by atoms with E-state index in [1.165, 1.54) is 12.7 Å². The lowest BCUT2D eigenvalue weighted by molar-refractivity contribution is -0.147. The summed E-state index contributed by atoms with van der Waals surface area (Å²) >= 11 is 0. The Morgan fingerprint density at radius 2 is 1.34 bits per heavy atom. The fourth-order valence-electron chi connectivity index (χ4n) is 1.98. The van der Waals surface area contributed by atoms with Gasteiger partial charge in [0.1, 0.15) is 0 Å². The van der Waals surface area contributed by atoms with E-state index in [4.69, 9.17) is 10.00 Å². The average Bonchev–Trinajstić information content (AvgIpc) is 3.06. The van der Waals surface area contributed by atoms with Crippen LogP contribution in [0.15, 0.2) is 43.0 Å². The van der Waals surface area contributed by atoms with E-state index in [-0.39, 0.29) is 23.8 Å². The minimum atomic E-state index is -3.96. The topological polar surface area (TPSA) is 103 Å². The molecule has 0 saturated carbocycles. The van der Waals surface area contributed by atoms with Gasteiger partial charge in [-0.1, -0.05) is 105 Å². The molecule has 0 saturated heterocycles. The van der Waals surface area contributed by atoms with E-state index in [1.807, 2.05) is 52.8 Å². The van der Waals surface area contributed by atoms with Crippen molar-refractivity contribution in [3.8, 4) is 6.07 Å². The van der Waals surface area contributed by atoms with Crippen LogP contribution in [0.4, 0.5) is 13.2 Å². The minimum Gasteiger partial charge on any atom is -0.469 e. The second-order valence-electron chi connectivity index (χ2n) is 9.77. The number of methoxy groups -OCH3 is 1. The highest BCUT2D eigenvalue weighted by molar-refractivity contribution is 5.71. The number of benzene rings is 1. The highest BCUT2D eigenvalue weighted by Crippen LogP contribution is 2.17. The van der Waals surface area contributed by atoms with Gasteiger partial charge >= 0.3 is 24.1 Å². The Morgan fingerprint density at radius 3 is 1.53 bits per heavy atom. The van der Waals surface area contributed by atoms with Gasteiger partial charge in [0.2, 0.25) is 0 Å². The summed E-state index contributed by atoms with van der Waals surface area (Å²) in [7, 11) is 1.40. The first-order valence-electron chi connectivity index (χ1n) is 16.5. The molecule has 0 N–H and O–H groups in total. The second-order valence-corrected chi connectivity index (χ2v) is 9.77. The van der Waals surface area contributed by atoms with E-state index in [9.17, 15) is 27.6 Å². The van der Waals surface area contributed by atoms with Crippen molar-refractivity contribution < 1.29 is 41.8 Å². The largest absolute Gasteiger partial charge is 0.469 e. The normalized spacial score (nSPS) is 9.60. The molecule has 276 valence electrons. The minimum absolute atomic E-state index is 0.00921. The Labute approximate surface area is 285 Å². The van der Waals surface area contributed by atoms with Gasteiger partial charge in [0.15, 0.2) is 0 Å². The van der Waals surface area contributed by atoms with E-state index in [2.05, 4.69) is 68.0 Å². The molecule has 1 aromatic rings. The summed E-state index contributed by atoms with van der Waals surface area (Å²) in [6.45, 7) is 24.9. The van der Waals surface area contributed by atoms with E-state index >= 15 is 0 Å². The monoisotopic (exact) mass is 677 g/mol. The van der Waals surface area contributed by atoms with Gasteiger partial charge in [0, 0.05) is 25.7 Å². The highest BCUT2D eigenvalue weighted by atomic mass is 19.4. The van der Waals surface area contributed by atoms with Crippen molar-refractivity contribution in [2.75, 3.05) is 20.3 Å². The van der Waals surface area contributed by atoms with Crippen molar-refractivity contribution in [3.63, 3.8) is 0 Å². The van der Waals surface area contributed by atoms with Crippen LogP contribution in [0.2, 0.25) is 0 Å². The third-order valence-corrected chi connectivity index (χ3v) is 5.06. The number of carbonyl (C=O) groups excluding carboxylic acids is 3. The molecule has 0 heterocycles. The average molecular weight is 678 g/mol. The summed E-state index contributed by atoms with van der Waals surface area (Å²) in [5.74, 6) is 0.154. The molecule has 7 nitrogen and oxygen atoms in total. The summed E-state index contributed by atoms with van der Waals surface area (Å²) in [5, 5.41) is 7.62. The van der Waals surface area contributed by atoms with Gasteiger partial charge in [-0.3, -0.25) is 14.4 Å². The summed E-state index contributed by atoms with van der Waals surface area (Å²) in [5.41, 5.74) is 1.41. The van der Waals surface area contributed by atoms with Gasteiger partial charge in [-0.15, -0.1) is 6.58 Å². The van der Waals surface area contributed by atoms with Crippen molar-refractivity contribution in [1.29, 1.82) is 5.26 Å². The van der Waals surface area contributed by atoms with Gasteiger partial charge in [-0.05, 0) is 44.6 Å². The lowest BCUT2D eigenvalue weighted by atomic mass is 10.1. The molecule has 10 heteroatoms. The Bertz CT molecular complexity index is 854. The fourth-order valence-corrected chi connectivity index (χ4v) is 1.98. The van der Waals surface area contributed by atoms with Gasteiger partial charge in [-0.25, -0.2) is 0 Å². The molecule has 0 radical (unpaired) electrons. The van der Waals surface area contributed by atoms with Crippen molar-refractivity contribution in [2.24, 2.45) is 11.8 Å². The third kappa shape index (κ3) is 66.1. The lowest BCUT2D eigenvalue weighted by Gasteiger charge is -2.06. The predicted octanol–water partition coefficient (Wildman–Crippen LogP) is 10.9. The molecule has 0 aliphatic heterocycles. The first kappa shape index (κ1) is 56.0. The molecule has 0 aliphatic rings. The van der Waals surface area contributed by atoms with Crippen LogP contribution in [-0.2, 0) is 35.0 Å². The number of hydrogen-bond donors (Lipinski definition) is 0. The van der Waals surface area contributed by atoms with Crippen LogP contribution >= 0.6 is 0 Å². The molecule has 47 heavy (non-hydrogen) atoms. The molecule has 0 spiro atoms. The molecule has 1 atom stereocenters. The standard InChI is InChI=1S/C8H16O2.C8H10.C6H12O2.C5H10O2.C4H8.C3H5F3.C3H5N/c1-4-7(3)6-8(9)10-5-2;1-2-8-6-4-3-5-7-8;1-4-8-6(7)5(2)3;1-3-4-5(6)7-2;1-3-4-2;1-2-3(4,5)6;1-2-3-4/h7H,4-6H2,1-3H3;3-7H,2H2,1H3;5H,4H2,1-3H3;3-4H2,1-2H3;3H,1,4H2,2H3;2H2,1H3;2H2,1H3. The molecule has 0 aliphatic carbocycles. The quantitative estimate of drug-likeness (QED) is 0.138. The summed E-state index contributed by atoms with van der Waals surface area (Å²) in [6, 6.07) is 12.4. The number of halogens is 3. The van der Waals surface area contributed by atoms with E-state index in [0.29, 0.717) is 38.4 Å². The number of hydrogen-bond acceptors (Lipinski definition) is 7. The molecule has 1 aromatic carbocycles. The number of allylic oxidation sites excluding steroid dienone is 1. The molecule has 1 rings (SSSR count). The zero-order valence-corrected chi connectivity index (χ0v) is 31.4. The molecular weight excluding hydrogens is 611 g/mol. The van der Waals surface area contributed by atoms with Gasteiger partial charge in [-0.2, -0.15) is 18.4 Å². The van der Waals surface area contributed by atoms with Crippen LogP contribution in [-0.4, -0.2) is 44.4 Å². The van der Waals surface area contributed by atoms with Gasteiger partial charge in [0.25, 0.3) is 0 Å². The molecule has 1 unspecified atom stereocenters. The Morgan fingerprint density at radius 1 is 0.894 bits per heavy atom. The van der Waals surface area contributed by atoms with E-state index < -0.39 is 12.6 Å². The number of nitriles is 1. The fraction of sp³-hybridized carbons (Fsp3) is 0.676. The van der Waals surface area contributed by atoms with Crippen molar-refractivity contribution in [3.05, 3.63) is 48.6 Å². The number of ether oxygens (including phenoxy) is 3. The van der Waals surface area contributed by atoms with Crippen LogP contribution in [0.1, 0.15) is 127 Å². The maximum atomic E-state index is 10.8. The number of alkyl halides is 3. The van der Waals surface area contributed by atoms with Crippen LogP contribution in [0.5, 0.6) is 0 Å². The van der Waals surface area contributed by atoms with Gasteiger partial charge < -0.3 is 14.2 Å². The molecular formula is C37H66F3NO6. The molecule has 0 fully saturated rings. The predicted molar refractivity (Wildman–Crippen MR) is 188 cm³/mol. The number of nitrogens with zero attached hydrogens (tertiary/aromatic N) is 1. The molecule has 0 bridgehead atoms. The Hall–Kier alpha value is -3.35. The van der Waals surface area contributed by atoms with E-state index in [0.717, 1.165) is 32.6 Å². The van der Waals surface area contributed by atoms with Crippen LogP contribution < -0.4 is 0 Å². The van der Waals surface area contributed by atoms with Crippen LogP contribution in [0, 0.1) is 23.2 Å². The number of rotatable bonds is 10. The number of esters is 3. The zero-order chi connectivity index (χ0) is 38.1. The second kappa shape index (κ2) is 44.8. The summed E-state index contributed by atoms with van der Waals surface area (Å²) < 4.78 is 46.1. The smallest absolute Gasteiger partial charge is 0.388 e. The summed E-state index contributed by atoms with van der Waals surface area (Å²) in [4.78, 5) is 31.5. The van der Waals surface area contributed by atoms with Crippen LogP contribution in [0.3, 0.4) is 0 Å². The van der Waals surface area contributed by atoms with Gasteiger partial charge in [0.05, 0.1) is 32.3 Å². The molecule has 0 aromatic heterocycles. The lowest BCUT2D eigenvalue weighted by Crippen LogP contribution is -2.10. The maximum Gasteiger partial charge on any atom is 0.388 e. The Balaban J connectivity index is -0.000000107. The Kier molecular flexibility index (Phi) is 53.4. The van der Waals surface area contributed by atoms with E-state index in [1.54, 1.807) is 6.92 Å². The van der Waals surface area contributed by atoms with Crippen molar-refractivity contribution in [2.45, 2.75) is 134 Å².